The predicted octanol–water partition coefficient (Wildman–Crippen LogP) is 0.767. The highest BCUT2D eigenvalue weighted by Gasteiger charge is 2.20. The molecule has 0 aliphatic heterocycles. The van der Waals surface area contributed by atoms with Crippen molar-refractivity contribution in [3.05, 3.63) is 29.8 Å². The maximum Gasteiger partial charge on any atom is 0.323 e. The largest absolute Gasteiger partial charge is 0.480 e. The number of nitrogens with zero attached hydrogens (tertiary/aromatic N) is 2. The SMILES string of the molecule is CCN(CC(=O)O)C(=O)c1cccnc1F. The number of halogens is 1. The molecule has 1 heterocycles. The molecule has 0 radical (unpaired) electrons. The number of hydrogen-bond donors (Lipinski definition) is 1. The third-order valence-electron chi connectivity index (χ3n) is 1.98. The minimum atomic E-state index is -1.14. The molecule has 1 amide bonds. The number of aromatic nitrogens is 1. The molecule has 1 N–H and O–H groups in total. The maximum absolute atomic E-state index is 13.2. The van der Waals surface area contributed by atoms with Gasteiger partial charge in [0, 0.05) is 12.7 Å². The van der Waals surface area contributed by atoms with Crippen molar-refractivity contribution in [3.63, 3.8) is 0 Å². The highest BCUT2D eigenvalue weighted by Crippen LogP contribution is 2.07. The first-order chi connectivity index (χ1) is 7.56. The third-order valence-corrected chi connectivity index (χ3v) is 1.98. The van der Waals surface area contributed by atoms with Crippen molar-refractivity contribution in [2.75, 3.05) is 13.1 Å². The lowest BCUT2D eigenvalue weighted by atomic mass is 10.2. The molecule has 6 heteroatoms. The van der Waals surface area contributed by atoms with Crippen molar-refractivity contribution in [3.8, 4) is 0 Å². The average molecular weight is 226 g/mol. The molecule has 0 unspecified atom stereocenters. The Morgan fingerprint density at radius 3 is 2.75 bits per heavy atom. The number of carbonyl (C=O) groups is 2. The minimum absolute atomic E-state index is 0.194. The molecule has 0 spiro atoms. The zero-order chi connectivity index (χ0) is 12.1. The monoisotopic (exact) mass is 226 g/mol. The predicted molar refractivity (Wildman–Crippen MR) is 53.4 cm³/mol. The van der Waals surface area contributed by atoms with E-state index in [1.807, 2.05) is 0 Å². The third kappa shape index (κ3) is 2.75. The second-order valence-corrected chi connectivity index (χ2v) is 3.05. The Morgan fingerprint density at radius 1 is 1.56 bits per heavy atom. The van der Waals surface area contributed by atoms with Crippen LogP contribution in [0.3, 0.4) is 0 Å². The number of carbonyl (C=O) groups excluding carboxylic acids is 1. The zero-order valence-electron chi connectivity index (χ0n) is 8.68. The number of carboxylic acids is 1. The van der Waals surface area contributed by atoms with Crippen molar-refractivity contribution in [1.29, 1.82) is 0 Å². The van der Waals surface area contributed by atoms with Crippen molar-refractivity contribution in [2.24, 2.45) is 0 Å². The molecule has 0 atom stereocenters. The summed E-state index contributed by atoms with van der Waals surface area (Å²) in [4.78, 5) is 26.6. The van der Waals surface area contributed by atoms with Crippen LogP contribution in [0.15, 0.2) is 18.3 Å². The Labute approximate surface area is 91.5 Å². The summed E-state index contributed by atoms with van der Waals surface area (Å²) in [7, 11) is 0. The van der Waals surface area contributed by atoms with Crippen molar-refractivity contribution >= 4 is 11.9 Å². The number of aliphatic carboxylic acids is 1. The average Bonchev–Trinajstić information content (AvgIpc) is 2.25. The van der Waals surface area contributed by atoms with Gasteiger partial charge in [-0.15, -0.1) is 0 Å². The van der Waals surface area contributed by atoms with Gasteiger partial charge in [-0.2, -0.15) is 4.39 Å². The molecular formula is C10H11FN2O3. The fourth-order valence-corrected chi connectivity index (χ4v) is 1.21. The first-order valence-corrected chi connectivity index (χ1v) is 4.67. The number of carboxylic acid groups (broad SMARTS) is 1. The molecule has 86 valence electrons. The highest BCUT2D eigenvalue weighted by atomic mass is 19.1. The number of amides is 1. The minimum Gasteiger partial charge on any atom is -0.480 e. The van der Waals surface area contributed by atoms with Crippen LogP contribution in [0.25, 0.3) is 0 Å². The van der Waals surface area contributed by atoms with Crippen molar-refractivity contribution in [1.82, 2.24) is 9.88 Å². The van der Waals surface area contributed by atoms with Crippen LogP contribution in [0.5, 0.6) is 0 Å². The summed E-state index contributed by atoms with van der Waals surface area (Å²) in [5.41, 5.74) is -0.217. The smallest absolute Gasteiger partial charge is 0.323 e. The van der Waals surface area contributed by atoms with E-state index in [1.165, 1.54) is 18.3 Å². The van der Waals surface area contributed by atoms with Gasteiger partial charge < -0.3 is 10.0 Å². The summed E-state index contributed by atoms with van der Waals surface area (Å²) in [5, 5.41) is 8.58. The molecule has 0 aromatic carbocycles. The number of pyridine rings is 1. The Kier molecular flexibility index (Phi) is 3.93. The molecule has 0 saturated carbocycles. The summed E-state index contributed by atoms with van der Waals surface area (Å²) >= 11 is 0. The van der Waals surface area contributed by atoms with E-state index in [-0.39, 0.29) is 12.1 Å². The molecule has 0 aliphatic carbocycles. The van der Waals surface area contributed by atoms with Crippen LogP contribution in [-0.4, -0.2) is 40.0 Å². The van der Waals surface area contributed by atoms with Gasteiger partial charge in [0.15, 0.2) is 0 Å². The number of likely N-dealkylation sites (N-methyl/N-ethyl adjacent to an activating group) is 1. The lowest BCUT2D eigenvalue weighted by Gasteiger charge is -2.18. The standard InChI is InChI=1S/C10H11FN2O3/c1-2-13(6-8(14)15)10(16)7-4-3-5-12-9(7)11/h3-5H,2,6H2,1H3,(H,14,15). The highest BCUT2D eigenvalue weighted by molar-refractivity contribution is 5.95. The lowest BCUT2D eigenvalue weighted by Crippen LogP contribution is -2.36. The Bertz CT molecular complexity index is 409. The first-order valence-electron chi connectivity index (χ1n) is 4.67. The van der Waals surface area contributed by atoms with Crippen LogP contribution in [0, 0.1) is 5.95 Å². The van der Waals surface area contributed by atoms with Crippen LogP contribution in [0.1, 0.15) is 17.3 Å². The van der Waals surface area contributed by atoms with Crippen LogP contribution >= 0.6 is 0 Å². The number of rotatable bonds is 4. The molecular weight excluding hydrogens is 215 g/mol. The second-order valence-electron chi connectivity index (χ2n) is 3.05. The molecule has 0 aliphatic rings. The molecule has 1 aromatic heterocycles. The van der Waals surface area contributed by atoms with Gasteiger partial charge in [0.2, 0.25) is 5.95 Å². The van der Waals surface area contributed by atoms with E-state index in [0.29, 0.717) is 0 Å². The van der Waals surface area contributed by atoms with Crippen LogP contribution in [-0.2, 0) is 4.79 Å². The van der Waals surface area contributed by atoms with Gasteiger partial charge in [-0.05, 0) is 19.1 Å². The zero-order valence-corrected chi connectivity index (χ0v) is 8.68. The molecule has 1 rings (SSSR count). The van der Waals surface area contributed by atoms with E-state index >= 15 is 0 Å². The van der Waals surface area contributed by atoms with Gasteiger partial charge in [-0.1, -0.05) is 0 Å². The van der Waals surface area contributed by atoms with Gasteiger partial charge in [0.1, 0.15) is 6.54 Å². The molecule has 0 saturated heterocycles. The van der Waals surface area contributed by atoms with Gasteiger partial charge in [0.25, 0.3) is 5.91 Å². The number of hydrogen-bond acceptors (Lipinski definition) is 3. The first kappa shape index (κ1) is 12.1. The van der Waals surface area contributed by atoms with Crippen LogP contribution < -0.4 is 0 Å². The van der Waals surface area contributed by atoms with Crippen LogP contribution in [0.4, 0.5) is 4.39 Å². The van der Waals surface area contributed by atoms with Gasteiger partial charge in [-0.25, -0.2) is 4.98 Å². The normalized spacial score (nSPS) is 9.88. The van der Waals surface area contributed by atoms with Crippen molar-refractivity contribution in [2.45, 2.75) is 6.92 Å². The van der Waals surface area contributed by atoms with Gasteiger partial charge in [-0.3, -0.25) is 9.59 Å². The maximum atomic E-state index is 13.2. The summed E-state index contributed by atoms with van der Waals surface area (Å²) in [6.07, 6.45) is 1.22. The summed E-state index contributed by atoms with van der Waals surface area (Å²) in [6, 6.07) is 2.69. The molecule has 0 fully saturated rings. The second kappa shape index (κ2) is 5.20. The summed E-state index contributed by atoms with van der Waals surface area (Å²) in [5.74, 6) is -2.70. The van der Waals surface area contributed by atoms with E-state index in [9.17, 15) is 14.0 Å². The molecule has 5 nitrogen and oxygen atoms in total. The van der Waals surface area contributed by atoms with Gasteiger partial charge in [0.05, 0.1) is 5.56 Å². The van der Waals surface area contributed by atoms with E-state index in [2.05, 4.69) is 4.98 Å². The van der Waals surface area contributed by atoms with Crippen molar-refractivity contribution < 1.29 is 19.1 Å². The topological polar surface area (TPSA) is 70.5 Å². The van der Waals surface area contributed by atoms with E-state index in [4.69, 9.17) is 5.11 Å². The molecule has 0 bridgehead atoms. The molecule has 16 heavy (non-hydrogen) atoms. The fraction of sp³-hybridized carbons (Fsp3) is 0.300. The Hall–Kier alpha value is -1.98. The lowest BCUT2D eigenvalue weighted by molar-refractivity contribution is -0.137. The summed E-state index contributed by atoms with van der Waals surface area (Å²) in [6.45, 7) is 1.36. The quantitative estimate of drug-likeness (QED) is 0.770. The van der Waals surface area contributed by atoms with E-state index in [0.717, 1.165) is 4.90 Å². The van der Waals surface area contributed by atoms with E-state index in [1.54, 1.807) is 6.92 Å². The molecule has 1 aromatic rings. The van der Waals surface area contributed by atoms with Gasteiger partial charge >= 0.3 is 5.97 Å². The van der Waals surface area contributed by atoms with Crippen LogP contribution in [0.2, 0.25) is 0 Å². The Balaban J connectivity index is 2.91. The van der Waals surface area contributed by atoms with E-state index < -0.39 is 24.4 Å². The fourth-order valence-electron chi connectivity index (χ4n) is 1.21. The Morgan fingerprint density at radius 2 is 2.25 bits per heavy atom. The summed E-state index contributed by atoms with van der Waals surface area (Å²) < 4.78 is 13.2.